The quantitative estimate of drug-likeness (QED) is 0.521. The molecule has 0 heterocycles. The van der Waals surface area contributed by atoms with Crippen molar-refractivity contribution in [3.05, 3.63) is 83.9 Å². The van der Waals surface area contributed by atoms with Gasteiger partial charge >= 0.3 is 0 Å². The molecule has 0 aromatic heterocycles. The smallest absolute Gasteiger partial charge is 0.271 e. The van der Waals surface area contributed by atoms with Crippen molar-refractivity contribution in [1.82, 2.24) is 5.43 Å². The number of hydrogen-bond donors (Lipinski definition) is 1. The SMILES string of the molecule is COc1ccc(-c2cccc(C(=O)NN=Cc3ccc(N(C)C)cc3)c2)cc1. The molecule has 0 atom stereocenters. The topological polar surface area (TPSA) is 53.9 Å². The number of carbonyl (C=O) groups excluding carboxylic acids is 1. The molecule has 1 N–H and O–H groups in total. The number of hydrazone groups is 1. The third kappa shape index (κ3) is 4.76. The Morgan fingerprint density at radius 3 is 2.32 bits per heavy atom. The number of anilines is 1. The lowest BCUT2D eigenvalue weighted by Gasteiger charge is -2.11. The molecule has 0 fully saturated rings. The fourth-order valence-corrected chi connectivity index (χ4v) is 2.71. The number of rotatable bonds is 6. The summed E-state index contributed by atoms with van der Waals surface area (Å²) in [6.07, 6.45) is 1.63. The van der Waals surface area contributed by atoms with Crippen LogP contribution in [0, 0.1) is 0 Å². The van der Waals surface area contributed by atoms with Crippen molar-refractivity contribution in [3.8, 4) is 16.9 Å². The lowest BCUT2D eigenvalue weighted by atomic mass is 10.0. The van der Waals surface area contributed by atoms with E-state index in [0.29, 0.717) is 5.56 Å². The van der Waals surface area contributed by atoms with Gasteiger partial charge in [-0.25, -0.2) is 5.43 Å². The summed E-state index contributed by atoms with van der Waals surface area (Å²) in [4.78, 5) is 14.4. The number of benzene rings is 3. The molecule has 0 saturated heterocycles. The van der Waals surface area contributed by atoms with Crippen LogP contribution in [0.2, 0.25) is 0 Å². The number of amides is 1. The summed E-state index contributed by atoms with van der Waals surface area (Å²) in [6, 6.07) is 23.1. The van der Waals surface area contributed by atoms with Gasteiger partial charge in [0.05, 0.1) is 13.3 Å². The van der Waals surface area contributed by atoms with Crippen molar-refractivity contribution in [1.29, 1.82) is 0 Å². The number of nitrogens with zero attached hydrogens (tertiary/aromatic N) is 2. The molecule has 0 radical (unpaired) electrons. The number of nitrogens with one attached hydrogen (secondary N) is 1. The maximum atomic E-state index is 12.4. The highest BCUT2D eigenvalue weighted by Gasteiger charge is 2.06. The molecule has 3 rings (SSSR count). The number of methoxy groups -OCH3 is 1. The van der Waals surface area contributed by atoms with Crippen LogP contribution in [-0.2, 0) is 0 Å². The van der Waals surface area contributed by atoms with Crippen molar-refractivity contribution in [2.75, 3.05) is 26.1 Å². The van der Waals surface area contributed by atoms with Gasteiger partial charge in [-0.1, -0.05) is 36.4 Å². The van der Waals surface area contributed by atoms with Crippen LogP contribution in [0.3, 0.4) is 0 Å². The molecule has 3 aromatic rings. The zero-order valence-corrected chi connectivity index (χ0v) is 16.2. The predicted octanol–water partition coefficient (Wildman–Crippen LogP) is 4.19. The minimum absolute atomic E-state index is 0.253. The van der Waals surface area contributed by atoms with Crippen LogP contribution in [-0.4, -0.2) is 33.3 Å². The molecule has 0 aliphatic carbocycles. The fraction of sp³-hybridized carbons (Fsp3) is 0.130. The Kier molecular flexibility index (Phi) is 6.07. The maximum Gasteiger partial charge on any atom is 0.271 e. The molecule has 3 aromatic carbocycles. The normalized spacial score (nSPS) is 10.7. The van der Waals surface area contributed by atoms with Gasteiger partial charge in [-0.05, 0) is 53.1 Å². The molecular weight excluding hydrogens is 350 g/mol. The van der Waals surface area contributed by atoms with E-state index < -0.39 is 0 Å². The second-order valence-corrected chi connectivity index (χ2v) is 6.49. The van der Waals surface area contributed by atoms with E-state index in [0.717, 1.165) is 28.1 Å². The molecule has 1 amide bonds. The molecule has 5 heteroatoms. The van der Waals surface area contributed by atoms with E-state index in [1.54, 1.807) is 19.4 Å². The van der Waals surface area contributed by atoms with Crippen molar-refractivity contribution in [2.24, 2.45) is 5.10 Å². The zero-order chi connectivity index (χ0) is 19.9. The summed E-state index contributed by atoms with van der Waals surface area (Å²) in [7, 11) is 5.61. The van der Waals surface area contributed by atoms with Gasteiger partial charge in [-0.15, -0.1) is 0 Å². The Morgan fingerprint density at radius 1 is 0.964 bits per heavy atom. The van der Waals surface area contributed by atoms with Gasteiger partial charge in [-0.3, -0.25) is 4.79 Å². The Bertz CT molecular complexity index is 962. The van der Waals surface area contributed by atoms with Gasteiger partial charge in [0.15, 0.2) is 0 Å². The third-order valence-corrected chi connectivity index (χ3v) is 4.34. The highest BCUT2D eigenvalue weighted by molar-refractivity contribution is 5.96. The Morgan fingerprint density at radius 2 is 1.68 bits per heavy atom. The van der Waals surface area contributed by atoms with Gasteiger partial charge in [-0.2, -0.15) is 5.10 Å². The van der Waals surface area contributed by atoms with Crippen molar-refractivity contribution in [3.63, 3.8) is 0 Å². The summed E-state index contributed by atoms with van der Waals surface area (Å²) in [5.41, 5.74) is 7.12. The largest absolute Gasteiger partial charge is 0.497 e. The highest BCUT2D eigenvalue weighted by atomic mass is 16.5. The highest BCUT2D eigenvalue weighted by Crippen LogP contribution is 2.23. The first-order valence-electron chi connectivity index (χ1n) is 8.92. The van der Waals surface area contributed by atoms with Crippen LogP contribution in [0.15, 0.2) is 77.9 Å². The molecular formula is C23H23N3O2. The van der Waals surface area contributed by atoms with Gasteiger partial charge in [0.1, 0.15) is 5.75 Å². The maximum absolute atomic E-state index is 12.4. The molecule has 5 nitrogen and oxygen atoms in total. The van der Waals surface area contributed by atoms with E-state index in [1.165, 1.54) is 0 Å². The van der Waals surface area contributed by atoms with E-state index in [4.69, 9.17) is 4.74 Å². The summed E-state index contributed by atoms with van der Waals surface area (Å²) >= 11 is 0. The summed E-state index contributed by atoms with van der Waals surface area (Å²) in [6.45, 7) is 0. The molecule has 0 aliphatic rings. The van der Waals surface area contributed by atoms with Crippen LogP contribution < -0.4 is 15.1 Å². The predicted molar refractivity (Wildman–Crippen MR) is 114 cm³/mol. The van der Waals surface area contributed by atoms with E-state index in [9.17, 15) is 4.79 Å². The average molecular weight is 373 g/mol. The Balaban J connectivity index is 1.67. The van der Waals surface area contributed by atoms with E-state index in [-0.39, 0.29) is 5.91 Å². The van der Waals surface area contributed by atoms with E-state index in [1.807, 2.05) is 85.7 Å². The van der Waals surface area contributed by atoms with Gasteiger partial charge in [0, 0.05) is 25.3 Å². The number of ether oxygens (including phenoxy) is 1. The van der Waals surface area contributed by atoms with Crippen LogP contribution in [0.25, 0.3) is 11.1 Å². The number of carbonyl (C=O) groups is 1. The van der Waals surface area contributed by atoms with Crippen molar-refractivity contribution >= 4 is 17.8 Å². The molecule has 0 spiro atoms. The van der Waals surface area contributed by atoms with Crippen molar-refractivity contribution < 1.29 is 9.53 Å². The second kappa shape index (κ2) is 8.86. The Labute approximate surface area is 165 Å². The molecule has 0 saturated carbocycles. The van der Waals surface area contributed by atoms with Gasteiger partial charge in [0.2, 0.25) is 0 Å². The van der Waals surface area contributed by atoms with Gasteiger partial charge in [0.25, 0.3) is 5.91 Å². The lowest BCUT2D eigenvalue weighted by molar-refractivity contribution is 0.0955. The third-order valence-electron chi connectivity index (χ3n) is 4.34. The van der Waals surface area contributed by atoms with Crippen LogP contribution in [0.1, 0.15) is 15.9 Å². The first-order chi connectivity index (χ1) is 13.6. The molecule has 0 aliphatic heterocycles. The average Bonchev–Trinajstić information content (AvgIpc) is 2.74. The summed E-state index contributed by atoms with van der Waals surface area (Å²) < 4.78 is 5.18. The minimum atomic E-state index is -0.253. The first kappa shape index (κ1) is 19.2. The second-order valence-electron chi connectivity index (χ2n) is 6.49. The minimum Gasteiger partial charge on any atom is -0.497 e. The lowest BCUT2D eigenvalue weighted by Crippen LogP contribution is -2.17. The van der Waals surface area contributed by atoms with Gasteiger partial charge < -0.3 is 9.64 Å². The monoisotopic (exact) mass is 373 g/mol. The Hall–Kier alpha value is -3.60. The molecule has 0 unspecified atom stereocenters. The van der Waals surface area contributed by atoms with E-state index in [2.05, 4.69) is 10.5 Å². The van der Waals surface area contributed by atoms with Crippen LogP contribution in [0.5, 0.6) is 5.75 Å². The fourth-order valence-electron chi connectivity index (χ4n) is 2.71. The van der Waals surface area contributed by atoms with E-state index >= 15 is 0 Å². The summed E-state index contributed by atoms with van der Waals surface area (Å²) in [5.74, 6) is 0.544. The molecule has 0 bridgehead atoms. The van der Waals surface area contributed by atoms with Crippen molar-refractivity contribution in [2.45, 2.75) is 0 Å². The number of hydrogen-bond acceptors (Lipinski definition) is 4. The first-order valence-corrected chi connectivity index (χ1v) is 8.92. The summed E-state index contributed by atoms with van der Waals surface area (Å²) in [5, 5.41) is 4.06. The standard InChI is InChI=1S/C23H23N3O2/c1-26(2)21-11-7-17(8-12-21)16-24-25-23(27)20-6-4-5-19(15-20)18-9-13-22(28-3)14-10-18/h4-16H,1-3H3,(H,25,27). The van der Waals surface area contributed by atoms with Crippen LogP contribution >= 0.6 is 0 Å². The molecule has 28 heavy (non-hydrogen) atoms. The molecule has 142 valence electrons. The van der Waals surface area contributed by atoms with Crippen LogP contribution in [0.4, 0.5) is 5.69 Å². The zero-order valence-electron chi connectivity index (χ0n) is 16.2.